The van der Waals surface area contributed by atoms with E-state index < -0.39 is 14.4 Å². The maximum Gasteiger partial charge on any atom is 0.338 e. The van der Waals surface area contributed by atoms with Crippen LogP contribution in [0, 0.1) is 11.3 Å². The van der Waals surface area contributed by atoms with Gasteiger partial charge < -0.3 is 14.0 Å². The van der Waals surface area contributed by atoms with Crippen molar-refractivity contribution in [2.45, 2.75) is 52.7 Å². The molecule has 6 heteroatoms. The maximum atomic E-state index is 6.33. The zero-order valence-electron chi connectivity index (χ0n) is 19.0. The number of hydrogen-bond acceptors (Lipinski definition) is 5. The van der Waals surface area contributed by atoms with Crippen LogP contribution < -0.4 is 4.74 Å². The van der Waals surface area contributed by atoms with Crippen molar-refractivity contribution in [3.8, 4) is 5.75 Å². The second-order valence-corrected chi connectivity index (χ2v) is 10.8. The first-order chi connectivity index (χ1) is 13.4. The van der Waals surface area contributed by atoms with Crippen molar-refractivity contribution in [2.75, 3.05) is 21.3 Å². The second kappa shape index (κ2) is 7.70. The SMILES string of the molecule is COC1=CC(C(C)(C)C)C2(OP(OC)O2)C(c2cc(OC)cc(C(C)(C)C)c2)=C1. The minimum Gasteiger partial charge on any atom is -0.497 e. The highest BCUT2D eigenvalue weighted by molar-refractivity contribution is 7.43. The lowest BCUT2D eigenvalue weighted by molar-refractivity contribution is -0.200. The third kappa shape index (κ3) is 4.11. The smallest absolute Gasteiger partial charge is 0.338 e. The normalized spacial score (nSPS) is 27.2. The first-order valence-corrected chi connectivity index (χ1v) is 10.9. The molecule has 1 fully saturated rings. The van der Waals surface area contributed by atoms with Crippen LogP contribution in [0.5, 0.6) is 5.75 Å². The zero-order chi connectivity index (χ0) is 21.6. The van der Waals surface area contributed by atoms with Crippen LogP contribution in [0.25, 0.3) is 5.57 Å². The van der Waals surface area contributed by atoms with Crippen LogP contribution in [0.1, 0.15) is 52.7 Å². The van der Waals surface area contributed by atoms with Gasteiger partial charge in [0.15, 0.2) is 0 Å². The molecule has 0 amide bonds. The molecule has 1 aliphatic carbocycles. The number of methoxy groups -OCH3 is 2. The topological polar surface area (TPSA) is 46.2 Å². The van der Waals surface area contributed by atoms with Crippen LogP contribution in [-0.4, -0.2) is 27.1 Å². The summed E-state index contributed by atoms with van der Waals surface area (Å²) in [4.78, 5) is 0. The Morgan fingerprint density at radius 3 is 2.07 bits per heavy atom. The van der Waals surface area contributed by atoms with Gasteiger partial charge in [-0.3, -0.25) is 9.05 Å². The van der Waals surface area contributed by atoms with Crippen molar-refractivity contribution in [1.29, 1.82) is 0 Å². The third-order valence-electron chi connectivity index (χ3n) is 5.46. The third-order valence-corrected chi connectivity index (χ3v) is 6.60. The molecule has 1 aromatic carbocycles. The Labute approximate surface area is 176 Å². The molecule has 160 valence electrons. The first kappa shape index (κ1) is 22.3. The highest BCUT2D eigenvalue weighted by atomic mass is 31.2. The molecule has 2 aliphatic rings. The Morgan fingerprint density at radius 1 is 0.931 bits per heavy atom. The van der Waals surface area contributed by atoms with Gasteiger partial charge in [0, 0.05) is 18.6 Å². The summed E-state index contributed by atoms with van der Waals surface area (Å²) in [5, 5.41) is 0. The molecular weight excluding hydrogens is 387 g/mol. The fourth-order valence-electron chi connectivity index (χ4n) is 3.78. The van der Waals surface area contributed by atoms with Gasteiger partial charge >= 0.3 is 8.60 Å². The van der Waals surface area contributed by atoms with E-state index in [0.717, 1.165) is 22.6 Å². The fraction of sp³-hybridized carbons (Fsp3) is 0.565. The average Bonchev–Trinajstić information content (AvgIpc) is 2.62. The standard InChI is InChI=1S/C23H33O5P/c1-21(2,3)16-10-15(11-17(12-16)24-7)19-13-18(25-8)14-20(22(4,5)6)23(19)27-29(26-9)28-23/h10-14,20H,1-9H3. The molecule has 1 aliphatic heterocycles. The largest absolute Gasteiger partial charge is 0.497 e. The molecule has 1 saturated heterocycles. The molecule has 1 heterocycles. The van der Waals surface area contributed by atoms with Crippen molar-refractivity contribution in [3.63, 3.8) is 0 Å². The lowest BCUT2D eigenvalue weighted by atomic mass is 9.69. The van der Waals surface area contributed by atoms with Gasteiger partial charge in [-0.2, -0.15) is 0 Å². The van der Waals surface area contributed by atoms with Gasteiger partial charge in [0.05, 0.1) is 14.2 Å². The summed E-state index contributed by atoms with van der Waals surface area (Å²) < 4.78 is 29.3. The number of ether oxygens (including phenoxy) is 2. The van der Waals surface area contributed by atoms with Crippen LogP contribution in [0.4, 0.5) is 0 Å². The molecule has 1 aromatic rings. The Bertz CT molecular complexity index is 823. The van der Waals surface area contributed by atoms with Gasteiger partial charge in [-0.25, -0.2) is 0 Å². The molecule has 0 saturated carbocycles. The van der Waals surface area contributed by atoms with E-state index in [9.17, 15) is 0 Å². The van der Waals surface area contributed by atoms with Crippen molar-refractivity contribution >= 4 is 14.2 Å². The Morgan fingerprint density at radius 2 is 1.59 bits per heavy atom. The molecular formula is C23H33O5P. The minimum atomic E-state index is -1.36. The molecule has 5 nitrogen and oxygen atoms in total. The molecule has 0 bridgehead atoms. The lowest BCUT2D eigenvalue weighted by Gasteiger charge is -2.54. The summed E-state index contributed by atoms with van der Waals surface area (Å²) in [6, 6.07) is 6.30. The molecule has 1 atom stereocenters. The van der Waals surface area contributed by atoms with Crippen molar-refractivity contribution in [2.24, 2.45) is 11.3 Å². The average molecular weight is 420 g/mol. The predicted molar refractivity (Wildman–Crippen MR) is 117 cm³/mol. The van der Waals surface area contributed by atoms with Crippen LogP contribution in [0.2, 0.25) is 0 Å². The zero-order valence-corrected chi connectivity index (χ0v) is 19.8. The highest BCUT2D eigenvalue weighted by Crippen LogP contribution is 2.68. The van der Waals surface area contributed by atoms with E-state index in [-0.39, 0.29) is 16.7 Å². The van der Waals surface area contributed by atoms with Crippen LogP contribution in [-0.2, 0) is 23.7 Å². The van der Waals surface area contributed by atoms with Crippen LogP contribution >= 0.6 is 8.60 Å². The van der Waals surface area contributed by atoms with Gasteiger partial charge in [-0.15, -0.1) is 0 Å². The molecule has 1 unspecified atom stereocenters. The quantitative estimate of drug-likeness (QED) is 0.543. The molecule has 1 spiro atoms. The highest BCUT2D eigenvalue weighted by Gasteiger charge is 2.61. The molecule has 0 aromatic heterocycles. The second-order valence-electron chi connectivity index (χ2n) is 9.63. The molecule has 0 radical (unpaired) electrons. The first-order valence-electron chi connectivity index (χ1n) is 9.85. The summed E-state index contributed by atoms with van der Waals surface area (Å²) >= 11 is 0. The Kier molecular flexibility index (Phi) is 5.92. The molecule has 3 rings (SSSR count). The number of hydrogen-bond donors (Lipinski definition) is 0. The van der Waals surface area contributed by atoms with E-state index in [4.69, 9.17) is 23.0 Å². The summed E-state index contributed by atoms with van der Waals surface area (Å²) in [5.74, 6) is 0.635. The van der Waals surface area contributed by atoms with E-state index in [1.54, 1.807) is 21.3 Å². The predicted octanol–water partition coefficient (Wildman–Crippen LogP) is 6.20. The van der Waals surface area contributed by atoms with Crippen LogP contribution in [0.3, 0.4) is 0 Å². The number of benzene rings is 1. The lowest BCUT2D eigenvalue weighted by Crippen LogP contribution is -2.54. The van der Waals surface area contributed by atoms with E-state index in [1.807, 2.05) is 12.1 Å². The molecule has 29 heavy (non-hydrogen) atoms. The Hall–Kier alpha value is -1.39. The fourth-order valence-corrected chi connectivity index (χ4v) is 4.81. The van der Waals surface area contributed by atoms with Gasteiger partial charge in [0.2, 0.25) is 5.79 Å². The molecule has 0 N–H and O–H groups in total. The number of allylic oxidation sites excluding steroid dienone is 1. The van der Waals surface area contributed by atoms with Crippen molar-refractivity contribution in [3.05, 3.63) is 47.2 Å². The van der Waals surface area contributed by atoms with E-state index in [1.165, 1.54) is 5.56 Å². The van der Waals surface area contributed by atoms with Crippen molar-refractivity contribution in [1.82, 2.24) is 0 Å². The van der Waals surface area contributed by atoms with E-state index >= 15 is 0 Å². The van der Waals surface area contributed by atoms with Crippen molar-refractivity contribution < 1.29 is 23.0 Å². The van der Waals surface area contributed by atoms with Gasteiger partial charge in [-0.05, 0) is 46.2 Å². The summed E-state index contributed by atoms with van der Waals surface area (Å²) in [7, 11) is 3.63. The maximum absolute atomic E-state index is 6.33. The summed E-state index contributed by atoms with van der Waals surface area (Å²) in [6.45, 7) is 13.1. The summed E-state index contributed by atoms with van der Waals surface area (Å²) in [6.07, 6.45) is 4.10. The van der Waals surface area contributed by atoms with E-state index in [0.29, 0.717) is 0 Å². The van der Waals surface area contributed by atoms with Gasteiger partial charge in [-0.1, -0.05) is 47.6 Å². The van der Waals surface area contributed by atoms with Gasteiger partial charge in [0.25, 0.3) is 0 Å². The number of rotatable bonds is 4. The van der Waals surface area contributed by atoms with Crippen LogP contribution in [0.15, 0.2) is 36.1 Å². The van der Waals surface area contributed by atoms with E-state index in [2.05, 4.69) is 59.8 Å². The van der Waals surface area contributed by atoms with Gasteiger partial charge in [0.1, 0.15) is 11.5 Å². The monoisotopic (exact) mass is 420 g/mol. The summed E-state index contributed by atoms with van der Waals surface area (Å²) in [5.41, 5.74) is 2.95. The Balaban J connectivity index is 2.20. The minimum absolute atomic E-state index is 0.0322.